The molecule has 10 nitrogen and oxygen atoms in total. The van der Waals surface area contributed by atoms with E-state index in [0.29, 0.717) is 13.2 Å². The van der Waals surface area contributed by atoms with Crippen molar-refractivity contribution < 1.29 is 4.74 Å². The van der Waals surface area contributed by atoms with E-state index < -0.39 is 0 Å². The van der Waals surface area contributed by atoms with Crippen LogP contribution in [0.25, 0.3) is 5.82 Å². The van der Waals surface area contributed by atoms with Crippen molar-refractivity contribution in [2.24, 2.45) is 4.99 Å². The molecule has 10 heteroatoms. The summed E-state index contributed by atoms with van der Waals surface area (Å²) in [4.78, 5) is 13.2. The van der Waals surface area contributed by atoms with E-state index in [9.17, 15) is 0 Å². The molecular formula is C19H25N9O. The minimum Gasteiger partial charge on any atom is -0.377 e. The van der Waals surface area contributed by atoms with Crippen LogP contribution in [-0.2, 0) is 30.9 Å². The Bertz CT molecular complexity index is 964. The van der Waals surface area contributed by atoms with Gasteiger partial charge >= 0.3 is 0 Å². The van der Waals surface area contributed by atoms with Gasteiger partial charge in [-0.3, -0.25) is 4.99 Å². The van der Waals surface area contributed by atoms with Gasteiger partial charge in [-0.15, -0.1) is 0 Å². The molecule has 4 rings (SSSR count). The van der Waals surface area contributed by atoms with Crippen LogP contribution in [0.15, 0.2) is 41.8 Å². The van der Waals surface area contributed by atoms with Crippen molar-refractivity contribution in [1.82, 2.24) is 40.2 Å². The number of methoxy groups -OCH3 is 1. The van der Waals surface area contributed by atoms with E-state index in [2.05, 4.69) is 35.8 Å². The highest BCUT2D eigenvalue weighted by atomic mass is 16.5. The van der Waals surface area contributed by atoms with Crippen molar-refractivity contribution in [3.05, 3.63) is 54.0 Å². The van der Waals surface area contributed by atoms with Gasteiger partial charge in [-0.05, 0) is 30.2 Å². The average molecular weight is 395 g/mol. The molecule has 0 spiro atoms. The number of aliphatic imine (C=N–C) groups is 1. The second-order valence-electron chi connectivity index (χ2n) is 6.84. The molecule has 0 amide bonds. The molecule has 3 aromatic rings. The summed E-state index contributed by atoms with van der Waals surface area (Å²) in [7, 11) is 3.43. The van der Waals surface area contributed by atoms with Crippen LogP contribution in [0, 0.1) is 0 Å². The zero-order valence-electron chi connectivity index (χ0n) is 16.6. The quantitative estimate of drug-likeness (QED) is 0.467. The minimum atomic E-state index is 0.239. The maximum Gasteiger partial charge on any atom is 0.191 e. The van der Waals surface area contributed by atoms with Crippen molar-refractivity contribution in [2.45, 2.75) is 38.6 Å². The van der Waals surface area contributed by atoms with Gasteiger partial charge in [0.2, 0.25) is 0 Å². The molecule has 0 saturated carbocycles. The largest absolute Gasteiger partial charge is 0.377 e. The van der Waals surface area contributed by atoms with Gasteiger partial charge < -0.3 is 15.4 Å². The standard InChI is InChI=1S/C19H25N9O/c1-20-19(22-11-14-6-8-21-18(10-14)27-9-3-7-23-27)24-15-4-5-17-25-16(13-29-2)26-28(17)12-15/h3,6-10,15H,4-5,11-13H2,1-2H3,(H2,20,22,24). The maximum absolute atomic E-state index is 5.13. The van der Waals surface area contributed by atoms with Crippen LogP contribution in [0.1, 0.15) is 23.6 Å². The Labute approximate surface area is 169 Å². The number of aryl methyl sites for hydroxylation is 1. The molecule has 0 aromatic carbocycles. The van der Waals surface area contributed by atoms with Crippen LogP contribution in [0.4, 0.5) is 0 Å². The molecule has 3 aromatic heterocycles. The van der Waals surface area contributed by atoms with Crippen molar-refractivity contribution >= 4 is 5.96 Å². The Morgan fingerprint density at radius 2 is 2.31 bits per heavy atom. The molecule has 0 fully saturated rings. The number of rotatable bonds is 6. The first kappa shape index (κ1) is 19.1. The first-order valence-electron chi connectivity index (χ1n) is 9.59. The third-order valence-corrected chi connectivity index (χ3v) is 4.75. The molecule has 1 atom stereocenters. The zero-order chi connectivity index (χ0) is 20.1. The Morgan fingerprint density at radius 1 is 1.38 bits per heavy atom. The van der Waals surface area contributed by atoms with Gasteiger partial charge in [0, 0.05) is 51.8 Å². The van der Waals surface area contributed by atoms with Gasteiger partial charge in [-0.1, -0.05) is 0 Å². The molecule has 1 unspecified atom stereocenters. The molecule has 0 aliphatic carbocycles. The van der Waals surface area contributed by atoms with Gasteiger partial charge in [0.15, 0.2) is 17.6 Å². The lowest BCUT2D eigenvalue weighted by atomic mass is 10.1. The predicted molar refractivity (Wildman–Crippen MR) is 108 cm³/mol. The molecule has 1 aliphatic heterocycles. The molecule has 0 radical (unpaired) electrons. The van der Waals surface area contributed by atoms with Crippen molar-refractivity contribution in [2.75, 3.05) is 14.2 Å². The van der Waals surface area contributed by atoms with Crippen LogP contribution in [-0.4, -0.2) is 55.7 Å². The smallest absolute Gasteiger partial charge is 0.191 e. The number of guanidine groups is 1. The van der Waals surface area contributed by atoms with E-state index in [1.807, 2.05) is 29.1 Å². The Balaban J connectivity index is 1.34. The van der Waals surface area contributed by atoms with E-state index in [1.54, 1.807) is 31.2 Å². The maximum atomic E-state index is 5.13. The van der Waals surface area contributed by atoms with Crippen LogP contribution in [0.2, 0.25) is 0 Å². The SMILES string of the molecule is CN=C(NCc1ccnc(-n2cccn2)c1)NC1CCc2nc(COC)nn2C1. The topological polar surface area (TPSA) is 107 Å². The summed E-state index contributed by atoms with van der Waals surface area (Å²) in [6.07, 6.45) is 7.25. The van der Waals surface area contributed by atoms with E-state index in [-0.39, 0.29) is 6.04 Å². The summed E-state index contributed by atoms with van der Waals surface area (Å²) in [5.41, 5.74) is 1.10. The predicted octanol–water partition coefficient (Wildman–Crippen LogP) is 0.685. The van der Waals surface area contributed by atoms with Gasteiger partial charge in [-0.25, -0.2) is 19.3 Å². The fourth-order valence-electron chi connectivity index (χ4n) is 3.34. The summed E-state index contributed by atoms with van der Waals surface area (Å²) in [6, 6.07) is 6.10. The van der Waals surface area contributed by atoms with Crippen LogP contribution >= 0.6 is 0 Å². The number of hydrogen-bond donors (Lipinski definition) is 2. The summed E-state index contributed by atoms with van der Waals surface area (Å²) >= 11 is 0. The molecular weight excluding hydrogens is 370 g/mol. The van der Waals surface area contributed by atoms with Crippen molar-refractivity contribution in [3.8, 4) is 5.82 Å². The van der Waals surface area contributed by atoms with Crippen molar-refractivity contribution in [1.29, 1.82) is 0 Å². The third kappa shape index (κ3) is 4.60. The molecule has 0 bridgehead atoms. The van der Waals surface area contributed by atoms with E-state index >= 15 is 0 Å². The number of hydrogen-bond acceptors (Lipinski definition) is 6. The van der Waals surface area contributed by atoms with Crippen molar-refractivity contribution in [3.63, 3.8) is 0 Å². The average Bonchev–Trinajstić information content (AvgIpc) is 3.41. The fourth-order valence-corrected chi connectivity index (χ4v) is 3.34. The fraction of sp³-hybridized carbons (Fsp3) is 0.421. The van der Waals surface area contributed by atoms with E-state index in [1.165, 1.54) is 0 Å². The third-order valence-electron chi connectivity index (χ3n) is 4.75. The Kier molecular flexibility index (Phi) is 5.80. The zero-order valence-corrected chi connectivity index (χ0v) is 16.6. The summed E-state index contributed by atoms with van der Waals surface area (Å²) in [5, 5.41) is 15.6. The number of fused-ring (bicyclic) bond motifs is 1. The Hall–Kier alpha value is -3.27. The highest BCUT2D eigenvalue weighted by Gasteiger charge is 2.22. The second kappa shape index (κ2) is 8.82. The Morgan fingerprint density at radius 3 is 3.10 bits per heavy atom. The lowest BCUT2D eigenvalue weighted by Gasteiger charge is -2.25. The summed E-state index contributed by atoms with van der Waals surface area (Å²) in [6.45, 7) is 1.83. The molecule has 1 aliphatic rings. The lowest BCUT2D eigenvalue weighted by Crippen LogP contribution is -2.46. The lowest BCUT2D eigenvalue weighted by molar-refractivity contribution is 0.177. The normalized spacial score (nSPS) is 16.5. The van der Waals surface area contributed by atoms with Gasteiger partial charge in [-0.2, -0.15) is 10.2 Å². The minimum absolute atomic E-state index is 0.239. The molecule has 152 valence electrons. The molecule has 29 heavy (non-hydrogen) atoms. The number of ether oxygens (including phenoxy) is 1. The number of nitrogens with one attached hydrogen (secondary N) is 2. The number of pyridine rings is 1. The first-order chi connectivity index (χ1) is 14.2. The van der Waals surface area contributed by atoms with Gasteiger partial charge in [0.25, 0.3) is 0 Å². The van der Waals surface area contributed by atoms with Crippen LogP contribution in [0.3, 0.4) is 0 Å². The monoisotopic (exact) mass is 395 g/mol. The van der Waals surface area contributed by atoms with Crippen LogP contribution in [0.5, 0.6) is 0 Å². The number of aromatic nitrogens is 6. The van der Waals surface area contributed by atoms with Gasteiger partial charge in [0.1, 0.15) is 12.4 Å². The van der Waals surface area contributed by atoms with Crippen LogP contribution < -0.4 is 10.6 Å². The highest BCUT2D eigenvalue weighted by Crippen LogP contribution is 2.13. The summed E-state index contributed by atoms with van der Waals surface area (Å²) < 4.78 is 8.83. The second-order valence-corrected chi connectivity index (χ2v) is 6.84. The van der Waals surface area contributed by atoms with E-state index in [0.717, 1.165) is 48.4 Å². The summed E-state index contributed by atoms with van der Waals surface area (Å²) in [5.74, 6) is 3.29. The molecule has 2 N–H and O–H groups in total. The molecule has 4 heterocycles. The highest BCUT2D eigenvalue weighted by molar-refractivity contribution is 5.79. The van der Waals surface area contributed by atoms with Gasteiger partial charge in [0.05, 0.1) is 6.54 Å². The first-order valence-corrected chi connectivity index (χ1v) is 9.59. The molecule has 0 saturated heterocycles. The number of nitrogens with zero attached hydrogens (tertiary/aromatic N) is 7. The van der Waals surface area contributed by atoms with E-state index in [4.69, 9.17) is 4.74 Å².